The summed E-state index contributed by atoms with van der Waals surface area (Å²) in [6.45, 7) is 5.27. The number of ether oxygens (including phenoxy) is 2. The van der Waals surface area contributed by atoms with Crippen LogP contribution in [0.15, 0.2) is 83.3 Å². The Labute approximate surface area is 202 Å². The summed E-state index contributed by atoms with van der Waals surface area (Å²) < 4.78 is 12.5. The Morgan fingerprint density at radius 1 is 0.939 bits per heavy atom. The van der Waals surface area contributed by atoms with Crippen molar-refractivity contribution in [1.29, 1.82) is 0 Å². The Morgan fingerprint density at radius 3 is 2.48 bits per heavy atom. The first-order chi connectivity index (χ1) is 16.0. The van der Waals surface area contributed by atoms with E-state index in [1.807, 2.05) is 43.3 Å². The maximum atomic E-state index is 13.0. The number of carbonyl (C=O) groups is 1. The van der Waals surface area contributed by atoms with E-state index in [-0.39, 0.29) is 5.91 Å². The minimum Gasteiger partial charge on any atom is -0.490 e. The van der Waals surface area contributed by atoms with Crippen molar-refractivity contribution in [2.24, 2.45) is 0 Å². The summed E-state index contributed by atoms with van der Waals surface area (Å²) in [7, 11) is 0. The Bertz CT molecular complexity index is 1260. The van der Waals surface area contributed by atoms with Gasteiger partial charge < -0.3 is 14.8 Å². The van der Waals surface area contributed by atoms with Crippen LogP contribution >= 0.6 is 15.9 Å². The van der Waals surface area contributed by atoms with E-state index in [1.165, 1.54) is 5.56 Å². The molecule has 0 atom stereocenters. The van der Waals surface area contributed by atoms with E-state index < -0.39 is 0 Å². The zero-order valence-corrected chi connectivity index (χ0v) is 20.3. The van der Waals surface area contributed by atoms with Gasteiger partial charge in [0.2, 0.25) is 0 Å². The number of halogens is 1. The molecule has 4 rings (SSSR count). The fourth-order valence-corrected chi connectivity index (χ4v) is 4.22. The lowest BCUT2D eigenvalue weighted by molar-refractivity contribution is 0.0950. The molecule has 33 heavy (non-hydrogen) atoms. The fourth-order valence-electron chi connectivity index (χ4n) is 3.67. The molecule has 0 radical (unpaired) electrons. The van der Waals surface area contributed by atoms with E-state index >= 15 is 0 Å². The van der Waals surface area contributed by atoms with Gasteiger partial charge in [-0.2, -0.15) is 0 Å². The smallest absolute Gasteiger partial charge is 0.251 e. The molecule has 168 valence electrons. The first kappa shape index (κ1) is 22.9. The largest absolute Gasteiger partial charge is 0.490 e. The first-order valence-corrected chi connectivity index (χ1v) is 11.7. The molecular weight excluding hydrogens is 478 g/mol. The van der Waals surface area contributed by atoms with Crippen LogP contribution in [0.5, 0.6) is 11.5 Å². The predicted molar refractivity (Wildman–Crippen MR) is 136 cm³/mol. The molecule has 4 aromatic carbocycles. The molecule has 0 spiro atoms. The van der Waals surface area contributed by atoms with Crippen molar-refractivity contribution < 1.29 is 14.3 Å². The van der Waals surface area contributed by atoms with E-state index in [2.05, 4.69) is 58.5 Å². The van der Waals surface area contributed by atoms with E-state index in [4.69, 9.17) is 9.47 Å². The number of rotatable bonds is 8. The number of fused-ring (bicyclic) bond motifs is 1. The molecule has 1 amide bonds. The zero-order chi connectivity index (χ0) is 23.2. The van der Waals surface area contributed by atoms with Crippen LogP contribution in [0.3, 0.4) is 0 Å². The van der Waals surface area contributed by atoms with Crippen molar-refractivity contribution in [3.63, 3.8) is 0 Å². The van der Waals surface area contributed by atoms with Gasteiger partial charge in [-0.3, -0.25) is 4.79 Å². The molecule has 1 N–H and O–H groups in total. The van der Waals surface area contributed by atoms with E-state index in [0.29, 0.717) is 41.3 Å². The molecule has 0 bridgehead atoms. The number of amides is 1. The molecule has 0 unspecified atom stereocenters. The summed E-state index contributed by atoms with van der Waals surface area (Å²) in [4.78, 5) is 13.0. The number of carbonyl (C=O) groups excluding carboxylic acids is 1. The quantitative estimate of drug-likeness (QED) is 0.287. The molecule has 0 saturated heterocycles. The molecule has 0 aliphatic carbocycles. The van der Waals surface area contributed by atoms with Crippen LogP contribution in [0.2, 0.25) is 0 Å². The third-order valence-corrected chi connectivity index (χ3v) is 5.98. The summed E-state index contributed by atoms with van der Waals surface area (Å²) in [5.41, 5.74) is 3.84. The molecule has 0 saturated carbocycles. The Morgan fingerprint density at radius 2 is 1.70 bits per heavy atom. The van der Waals surface area contributed by atoms with Crippen LogP contribution in [0.25, 0.3) is 10.8 Å². The van der Waals surface area contributed by atoms with Crippen LogP contribution in [0, 0.1) is 6.92 Å². The van der Waals surface area contributed by atoms with Gasteiger partial charge in [-0.05, 0) is 63.8 Å². The third-order valence-electron chi connectivity index (χ3n) is 5.39. The van der Waals surface area contributed by atoms with Gasteiger partial charge in [0.15, 0.2) is 11.5 Å². The molecule has 4 nitrogen and oxygen atoms in total. The van der Waals surface area contributed by atoms with Gasteiger partial charge in [-0.25, -0.2) is 0 Å². The van der Waals surface area contributed by atoms with Crippen molar-refractivity contribution in [3.05, 3.63) is 106 Å². The van der Waals surface area contributed by atoms with Crippen molar-refractivity contribution in [2.45, 2.75) is 27.0 Å². The van der Waals surface area contributed by atoms with Crippen molar-refractivity contribution in [2.75, 3.05) is 6.61 Å². The fraction of sp³-hybridized carbons (Fsp3) is 0.179. The lowest BCUT2D eigenvalue weighted by Crippen LogP contribution is -2.23. The third kappa shape index (κ3) is 5.55. The van der Waals surface area contributed by atoms with E-state index in [0.717, 1.165) is 21.9 Å². The first-order valence-electron chi connectivity index (χ1n) is 10.9. The van der Waals surface area contributed by atoms with Crippen LogP contribution < -0.4 is 14.8 Å². The molecule has 0 aliphatic heterocycles. The van der Waals surface area contributed by atoms with Gasteiger partial charge >= 0.3 is 0 Å². The monoisotopic (exact) mass is 503 g/mol. The van der Waals surface area contributed by atoms with Gasteiger partial charge in [0.1, 0.15) is 6.61 Å². The highest BCUT2D eigenvalue weighted by Gasteiger charge is 2.16. The summed E-state index contributed by atoms with van der Waals surface area (Å²) in [6.07, 6.45) is 0. The number of aryl methyl sites for hydroxylation is 1. The highest BCUT2D eigenvalue weighted by molar-refractivity contribution is 9.10. The lowest BCUT2D eigenvalue weighted by atomic mass is 10.0. The van der Waals surface area contributed by atoms with Crippen molar-refractivity contribution in [3.8, 4) is 11.5 Å². The summed E-state index contributed by atoms with van der Waals surface area (Å²) in [6, 6.07) is 26.0. The second kappa shape index (κ2) is 10.5. The second-order valence-electron chi connectivity index (χ2n) is 7.81. The van der Waals surface area contributed by atoms with Crippen LogP contribution in [0.4, 0.5) is 0 Å². The normalized spacial score (nSPS) is 10.8. The summed E-state index contributed by atoms with van der Waals surface area (Å²) in [5.74, 6) is 0.951. The number of hydrogen-bond donors (Lipinski definition) is 1. The molecular formula is C28H26BrNO3. The van der Waals surface area contributed by atoms with Gasteiger partial charge in [0.25, 0.3) is 5.91 Å². The van der Waals surface area contributed by atoms with Crippen molar-refractivity contribution in [1.82, 2.24) is 5.32 Å². The Kier molecular flexibility index (Phi) is 7.30. The van der Waals surface area contributed by atoms with Crippen LogP contribution in [-0.2, 0) is 13.2 Å². The maximum Gasteiger partial charge on any atom is 0.251 e. The van der Waals surface area contributed by atoms with Gasteiger partial charge in [0.05, 0.1) is 11.1 Å². The SMILES string of the molecule is CCOc1cc(C(=O)NCc2cccc3ccccc23)cc(Br)c1OCc1ccc(C)cc1. The van der Waals surface area contributed by atoms with Crippen molar-refractivity contribution >= 4 is 32.6 Å². The Balaban J connectivity index is 1.51. The summed E-state index contributed by atoms with van der Waals surface area (Å²) >= 11 is 3.57. The van der Waals surface area contributed by atoms with Gasteiger partial charge in [0, 0.05) is 12.1 Å². The molecule has 0 aromatic heterocycles. The Hall–Kier alpha value is -3.31. The van der Waals surface area contributed by atoms with Crippen LogP contribution in [-0.4, -0.2) is 12.5 Å². The topological polar surface area (TPSA) is 47.6 Å². The van der Waals surface area contributed by atoms with Crippen LogP contribution in [0.1, 0.15) is 34.0 Å². The zero-order valence-electron chi connectivity index (χ0n) is 18.7. The number of nitrogens with one attached hydrogen (secondary N) is 1. The minimum absolute atomic E-state index is 0.172. The molecule has 0 heterocycles. The second-order valence-corrected chi connectivity index (χ2v) is 8.67. The number of hydrogen-bond acceptors (Lipinski definition) is 3. The standard InChI is InChI=1S/C28H26BrNO3/c1-3-32-26-16-23(15-25(29)27(26)33-18-20-13-11-19(2)12-14-20)28(31)30-17-22-9-6-8-21-7-4-5-10-24(21)22/h4-16H,3,17-18H2,1-2H3,(H,30,31). The summed E-state index contributed by atoms with van der Waals surface area (Å²) in [5, 5.41) is 5.32. The molecule has 4 aromatic rings. The molecule has 5 heteroatoms. The molecule has 0 aliphatic rings. The van der Waals surface area contributed by atoms with Gasteiger partial charge in [-0.1, -0.05) is 72.3 Å². The minimum atomic E-state index is -0.172. The molecule has 0 fully saturated rings. The highest BCUT2D eigenvalue weighted by atomic mass is 79.9. The predicted octanol–water partition coefficient (Wildman–Crippen LogP) is 6.82. The van der Waals surface area contributed by atoms with E-state index in [9.17, 15) is 4.79 Å². The van der Waals surface area contributed by atoms with E-state index in [1.54, 1.807) is 12.1 Å². The lowest BCUT2D eigenvalue weighted by Gasteiger charge is -2.16. The van der Waals surface area contributed by atoms with Gasteiger partial charge in [-0.15, -0.1) is 0 Å². The average molecular weight is 504 g/mol. The average Bonchev–Trinajstić information content (AvgIpc) is 2.83. The maximum absolute atomic E-state index is 13.0. The number of benzene rings is 4. The highest BCUT2D eigenvalue weighted by Crippen LogP contribution is 2.37.